The fourth-order valence-corrected chi connectivity index (χ4v) is 7.28. The summed E-state index contributed by atoms with van der Waals surface area (Å²) in [7, 11) is 0. The van der Waals surface area contributed by atoms with Gasteiger partial charge < -0.3 is 15.1 Å². The molecule has 0 spiro atoms. The van der Waals surface area contributed by atoms with E-state index in [2.05, 4.69) is 132 Å². The van der Waals surface area contributed by atoms with E-state index in [1.54, 1.807) is 0 Å². The molecule has 2 aliphatic heterocycles. The fourth-order valence-electron chi connectivity index (χ4n) is 7.28. The molecule has 222 valence electrons. The summed E-state index contributed by atoms with van der Waals surface area (Å²) in [6, 6.07) is 47.0. The molecule has 7 aromatic carbocycles. The van der Waals surface area contributed by atoms with E-state index in [-0.39, 0.29) is 6.04 Å². The van der Waals surface area contributed by atoms with Crippen molar-refractivity contribution in [2.75, 3.05) is 0 Å². The Bertz CT molecular complexity index is 2660. The number of benzene rings is 7. The minimum atomic E-state index is -0.418. The largest absolute Gasteiger partial charge is 0.456 e. The number of para-hydroxylation sites is 1. The number of nitrogens with zero attached hydrogens (tertiary/aromatic N) is 2. The highest BCUT2D eigenvalue weighted by Gasteiger charge is 2.31. The van der Waals surface area contributed by atoms with Crippen molar-refractivity contribution in [1.29, 1.82) is 0 Å². The summed E-state index contributed by atoms with van der Waals surface area (Å²) < 4.78 is 6.25. The van der Waals surface area contributed by atoms with Crippen molar-refractivity contribution in [3.8, 4) is 0 Å². The molecule has 0 saturated carbocycles. The van der Waals surface area contributed by atoms with E-state index in [0.717, 1.165) is 45.1 Å². The number of nitrogens with one attached hydrogen (secondary N) is 2. The van der Waals surface area contributed by atoms with Gasteiger partial charge in [-0.05, 0) is 72.9 Å². The van der Waals surface area contributed by atoms with Gasteiger partial charge in [-0.2, -0.15) is 0 Å². The van der Waals surface area contributed by atoms with E-state index in [0.29, 0.717) is 0 Å². The first-order valence-electron chi connectivity index (χ1n) is 16.0. The molecule has 1 aromatic heterocycles. The second-order valence-corrected chi connectivity index (χ2v) is 12.3. The smallest absolute Gasteiger partial charge is 0.169 e. The Morgan fingerprint density at radius 3 is 2.15 bits per heavy atom. The van der Waals surface area contributed by atoms with Crippen molar-refractivity contribution >= 4 is 71.8 Å². The lowest BCUT2D eigenvalue weighted by Crippen LogP contribution is -2.43. The zero-order valence-electron chi connectivity index (χ0n) is 25.3. The summed E-state index contributed by atoms with van der Waals surface area (Å²) in [6.45, 7) is 0. The summed E-state index contributed by atoms with van der Waals surface area (Å²) in [4.78, 5) is 10.5. The van der Waals surface area contributed by atoms with E-state index in [1.807, 2.05) is 24.4 Å². The van der Waals surface area contributed by atoms with Crippen LogP contribution in [0.3, 0.4) is 0 Å². The SMILES string of the molecule is C1=Cc2oc3ccccc3c2C(C2=NC(c3ccc4ccccc4c3)N=C(c3ccc4c(ccc5c6ccccc6ccc45)c3)N2)N1. The quantitative estimate of drug-likeness (QED) is 0.197. The maximum absolute atomic E-state index is 6.25. The van der Waals surface area contributed by atoms with Gasteiger partial charge in [0.1, 0.15) is 29.1 Å². The standard InChI is InChI=1S/C42H28N4O/c1-2-9-27-23-29(14-13-25(27)7-1)40-44-41(46-42(45-40)39-38-35-11-5-6-12-36(35)47-37(38)21-22-43-39)30-17-18-32-28(24-30)16-20-33-31-10-4-3-8-26(31)15-19-34(32)33/h1-24,39-40,43H,(H,44,45,46). The van der Waals surface area contributed by atoms with Crippen LogP contribution >= 0.6 is 0 Å². The fraction of sp³-hybridized carbons (Fsp3) is 0.0476. The van der Waals surface area contributed by atoms with Gasteiger partial charge in [0.2, 0.25) is 0 Å². The van der Waals surface area contributed by atoms with Crippen molar-refractivity contribution in [2.45, 2.75) is 12.2 Å². The molecule has 5 nitrogen and oxygen atoms in total. The summed E-state index contributed by atoms with van der Waals surface area (Å²) >= 11 is 0. The Kier molecular flexibility index (Phi) is 5.63. The van der Waals surface area contributed by atoms with Crippen LogP contribution in [-0.4, -0.2) is 11.7 Å². The molecule has 10 rings (SSSR count). The van der Waals surface area contributed by atoms with E-state index in [1.165, 1.54) is 43.1 Å². The van der Waals surface area contributed by atoms with Crippen molar-refractivity contribution in [1.82, 2.24) is 10.6 Å². The molecule has 2 unspecified atom stereocenters. The van der Waals surface area contributed by atoms with Gasteiger partial charge in [-0.3, -0.25) is 0 Å². The molecule has 0 aliphatic carbocycles. The predicted molar refractivity (Wildman–Crippen MR) is 194 cm³/mol. The summed E-state index contributed by atoms with van der Waals surface area (Å²) in [5.41, 5.74) is 3.99. The number of fused-ring (bicyclic) bond motifs is 9. The lowest BCUT2D eigenvalue weighted by molar-refractivity contribution is 0.585. The Balaban J connectivity index is 1.12. The van der Waals surface area contributed by atoms with E-state index in [9.17, 15) is 0 Å². The zero-order valence-corrected chi connectivity index (χ0v) is 25.3. The Labute approximate surface area is 270 Å². The van der Waals surface area contributed by atoms with Crippen LogP contribution in [0.2, 0.25) is 0 Å². The molecule has 0 saturated heterocycles. The van der Waals surface area contributed by atoms with E-state index >= 15 is 0 Å². The normalized spacial score (nSPS) is 17.4. The molecule has 2 atom stereocenters. The topological polar surface area (TPSA) is 61.9 Å². The summed E-state index contributed by atoms with van der Waals surface area (Å²) in [5, 5.41) is 18.1. The highest BCUT2D eigenvalue weighted by molar-refractivity contribution is 6.19. The monoisotopic (exact) mass is 604 g/mol. The number of aliphatic imine (C=N–C) groups is 2. The second kappa shape index (κ2) is 10.2. The first-order valence-corrected chi connectivity index (χ1v) is 16.0. The molecular weight excluding hydrogens is 576 g/mol. The number of hydrogen-bond acceptors (Lipinski definition) is 5. The van der Waals surface area contributed by atoms with Gasteiger partial charge in [-0.1, -0.05) is 115 Å². The Hall–Kier alpha value is -6.20. The van der Waals surface area contributed by atoms with Gasteiger partial charge in [-0.25, -0.2) is 9.98 Å². The second-order valence-electron chi connectivity index (χ2n) is 12.3. The Morgan fingerprint density at radius 1 is 0.553 bits per heavy atom. The van der Waals surface area contributed by atoms with Crippen LogP contribution < -0.4 is 10.6 Å². The van der Waals surface area contributed by atoms with Crippen molar-refractivity contribution in [3.05, 3.63) is 162 Å². The zero-order chi connectivity index (χ0) is 30.9. The first kappa shape index (κ1) is 26.1. The van der Waals surface area contributed by atoms with Gasteiger partial charge in [0.15, 0.2) is 6.17 Å². The molecular formula is C42H28N4O. The van der Waals surface area contributed by atoms with Gasteiger partial charge in [0.05, 0.1) is 0 Å². The maximum atomic E-state index is 6.25. The molecule has 8 aromatic rings. The van der Waals surface area contributed by atoms with Crippen molar-refractivity contribution in [2.24, 2.45) is 9.98 Å². The third-order valence-corrected chi connectivity index (χ3v) is 9.57. The average molecular weight is 605 g/mol. The van der Waals surface area contributed by atoms with Gasteiger partial charge in [0, 0.05) is 22.7 Å². The van der Waals surface area contributed by atoms with Crippen LogP contribution in [0.1, 0.15) is 34.7 Å². The molecule has 2 N–H and O–H groups in total. The molecule has 3 heterocycles. The minimum absolute atomic E-state index is 0.232. The van der Waals surface area contributed by atoms with Gasteiger partial charge in [0.25, 0.3) is 0 Å². The molecule has 0 bridgehead atoms. The lowest BCUT2D eigenvalue weighted by Gasteiger charge is -2.29. The van der Waals surface area contributed by atoms with Gasteiger partial charge >= 0.3 is 0 Å². The third-order valence-electron chi connectivity index (χ3n) is 9.57. The van der Waals surface area contributed by atoms with Crippen LogP contribution in [0.25, 0.3) is 60.1 Å². The van der Waals surface area contributed by atoms with Gasteiger partial charge in [-0.15, -0.1) is 0 Å². The number of hydrogen-bond donors (Lipinski definition) is 2. The van der Waals surface area contributed by atoms with Crippen molar-refractivity contribution in [3.63, 3.8) is 0 Å². The maximum Gasteiger partial charge on any atom is 0.169 e. The number of rotatable bonds is 3. The van der Waals surface area contributed by atoms with Crippen LogP contribution in [0, 0.1) is 0 Å². The summed E-state index contributed by atoms with van der Waals surface area (Å²) in [5.74, 6) is 2.44. The van der Waals surface area contributed by atoms with E-state index in [4.69, 9.17) is 14.4 Å². The number of amidine groups is 2. The number of furan rings is 1. The van der Waals surface area contributed by atoms with E-state index < -0.39 is 6.17 Å². The highest BCUT2D eigenvalue weighted by atomic mass is 16.3. The van der Waals surface area contributed by atoms with Crippen LogP contribution in [0.15, 0.2) is 154 Å². The lowest BCUT2D eigenvalue weighted by atomic mass is 9.95. The highest BCUT2D eigenvalue weighted by Crippen LogP contribution is 2.37. The van der Waals surface area contributed by atoms with Crippen molar-refractivity contribution < 1.29 is 4.42 Å². The molecule has 0 amide bonds. The predicted octanol–water partition coefficient (Wildman–Crippen LogP) is 9.81. The van der Waals surface area contributed by atoms with Crippen LogP contribution in [0.5, 0.6) is 0 Å². The Morgan fingerprint density at radius 2 is 1.26 bits per heavy atom. The first-order chi connectivity index (χ1) is 23.3. The third kappa shape index (κ3) is 4.17. The average Bonchev–Trinajstić information content (AvgIpc) is 3.53. The molecule has 47 heavy (non-hydrogen) atoms. The molecule has 5 heteroatoms. The molecule has 2 aliphatic rings. The minimum Gasteiger partial charge on any atom is -0.456 e. The van der Waals surface area contributed by atoms with Crippen LogP contribution in [0.4, 0.5) is 0 Å². The molecule has 0 fully saturated rings. The van der Waals surface area contributed by atoms with Crippen LogP contribution in [-0.2, 0) is 0 Å². The summed E-state index contributed by atoms with van der Waals surface area (Å²) in [6.07, 6.45) is 3.52. The molecule has 0 radical (unpaired) electrons.